The summed E-state index contributed by atoms with van der Waals surface area (Å²) in [4.78, 5) is 13.8. The zero-order valence-corrected chi connectivity index (χ0v) is 15.8. The number of amides is 1. The van der Waals surface area contributed by atoms with Gasteiger partial charge in [0.15, 0.2) is 5.76 Å². The van der Waals surface area contributed by atoms with Crippen molar-refractivity contribution in [2.45, 2.75) is 44.1 Å². The van der Waals surface area contributed by atoms with Crippen molar-refractivity contribution in [3.05, 3.63) is 17.5 Å². The molecule has 0 bridgehead atoms. The average Bonchev–Trinajstić information content (AvgIpc) is 3.10. The number of methoxy groups -OCH3 is 1. The van der Waals surface area contributed by atoms with Crippen LogP contribution in [0, 0.1) is 0 Å². The highest BCUT2D eigenvalue weighted by Gasteiger charge is 2.30. The SMILES string of the molecule is COCC(=O)NC[C@H]1O[C@H](Cc2cc(CN3CCOCC3)on2)CC[C@@H]1O. The van der Waals surface area contributed by atoms with Crippen LogP contribution in [0.5, 0.6) is 0 Å². The van der Waals surface area contributed by atoms with E-state index in [9.17, 15) is 9.90 Å². The van der Waals surface area contributed by atoms with Gasteiger partial charge in [0.2, 0.25) is 5.91 Å². The number of morpholine rings is 1. The lowest BCUT2D eigenvalue weighted by molar-refractivity contribution is -0.131. The first kappa shape index (κ1) is 20.2. The van der Waals surface area contributed by atoms with Gasteiger partial charge in [-0.3, -0.25) is 9.69 Å². The van der Waals surface area contributed by atoms with Crippen molar-refractivity contribution >= 4 is 5.91 Å². The van der Waals surface area contributed by atoms with Crippen LogP contribution in [0.25, 0.3) is 0 Å². The molecule has 3 rings (SSSR count). The molecule has 0 unspecified atom stereocenters. The largest absolute Gasteiger partial charge is 0.390 e. The maximum Gasteiger partial charge on any atom is 0.246 e. The van der Waals surface area contributed by atoms with Crippen LogP contribution >= 0.6 is 0 Å². The molecule has 3 heterocycles. The van der Waals surface area contributed by atoms with Gasteiger partial charge in [0.1, 0.15) is 12.7 Å². The zero-order chi connectivity index (χ0) is 19.1. The van der Waals surface area contributed by atoms with Crippen molar-refractivity contribution in [3.63, 3.8) is 0 Å². The number of nitrogens with one attached hydrogen (secondary N) is 1. The Morgan fingerprint density at radius 1 is 1.41 bits per heavy atom. The first-order valence-electron chi connectivity index (χ1n) is 9.47. The number of rotatable bonds is 8. The van der Waals surface area contributed by atoms with Gasteiger partial charge >= 0.3 is 0 Å². The summed E-state index contributed by atoms with van der Waals surface area (Å²) in [5.41, 5.74) is 0.849. The normalized spacial score (nSPS) is 26.8. The summed E-state index contributed by atoms with van der Waals surface area (Å²) in [6, 6.07) is 1.97. The quantitative estimate of drug-likeness (QED) is 0.631. The third-order valence-electron chi connectivity index (χ3n) is 4.88. The monoisotopic (exact) mass is 383 g/mol. The molecule has 0 spiro atoms. The Morgan fingerprint density at radius 3 is 3.00 bits per heavy atom. The van der Waals surface area contributed by atoms with E-state index in [2.05, 4.69) is 15.4 Å². The predicted octanol–water partition coefficient (Wildman–Crippen LogP) is -0.280. The van der Waals surface area contributed by atoms with Crippen LogP contribution in [0.1, 0.15) is 24.3 Å². The second kappa shape index (κ2) is 10.1. The van der Waals surface area contributed by atoms with Crippen molar-refractivity contribution in [1.82, 2.24) is 15.4 Å². The minimum absolute atomic E-state index is 0.00287. The fraction of sp³-hybridized carbons (Fsp3) is 0.778. The Bertz CT molecular complexity index is 589. The molecular weight excluding hydrogens is 354 g/mol. The van der Waals surface area contributed by atoms with Crippen molar-refractivity contribution in [3.8, 4) is 0 Å². The molecule has 2 aliphatic rings. The molecule has 0 aromatic carbocycles. The fourth-order valence-electron chi connectivity index (χ4n) is 3.42. The summed E-state index contributed by atoms with van der Waals surface area (Å²) in [5, 5.41) is 17.0. The minimum atomic E-state index is -0.585. The molecule has 0 radical (unpaired) electrons. The van der Waals surface area contributed by atoms with Gasteiger partial charge in [-0.1, -0.05) is 5.16 Å². The number of carbonyl (C=O) groups excluding carboxylic acids is 1. The van der Waals surface area contributed by atoms with E-state index in [0.717, 1.165) is 50.7 Å². The van der Waals surface area contributed by atoms with E-state index in [4.69, 9.17) is 18.7 Å². The Hall–Kier alpha value is -1.52. The molecule has 1 amide bonds. The van der Waals surface area contributed by atoms with Gasteiger partial charge in [0, 0.05) is 39.2 Å². The third-order valence-corrected chi connectivity index (χ3v) is 4.88. The summed E-state index contributed by atoms with van der Waals surface area (Å²) in [5.74, 6) is 0.616. The summed E-state index contributed by atoms with van der Waals surface area (Å²) in [7, 11) is 1.47. The van der Waals surface area contributed by atoms with E-state index in [1.807, 2.05) is 6.07 Å². The van der Waals surface area contributed by atoms with Gasteiger partial charge in [-0.15, -0.1) is 0 Å². The lowest BCUT2D eigenvalue weighted by Gasteiger charge is -2.33. The molecule has 9 heteroatoms. The molecular formula is C18H29N3O6. The first-order valence-corrected chi connectivity index (χ1v) is 9.47. The highest BCUT2D eigenvalue weighted by molar-refractivity contribution is 5.77. The van der Waals surface area contributed by atoms with Crippen LogP contribution in [-0.2, 0) is 32.0 Å². The van der Waals surface area contributed by atoms with Gasteiger partial charge in [-0.05, 0) is 12.8 Å². The summed E-state index contributed by atoms with van der Waals surface area (Å²) < 4.78 is 21.6. The van der Waals surface area contributed by atoms with E-state index in [1.165, 1.54) is 7.11 Å². The number of hydrogen-bond donors (Lipinski definition) is 2. The highest BCUT2D eigenvalue weighted by atomic mass is 16.5. The van der Waals surface area contributed by atoms with Crippen molar-refractivity contribution in [1.29, 1.82) is 0 Å². The van der Waals surface area contributed by atoms with Gasteiger partial charge in [-0.2, -0.15) is 0 Å². The number of aliphatic hydroxyl groups excluding tert-OH is 1. The highest BCUT2D eigenvalue weighted by Crippen LogP contribution is 2.22. The molecule has 1 aromatic heterocycles. The Labute approximate surface area is 158 Å². The van der Waals surface area contributed by atoms with E-state index in [-0.39, 0.29) is 25.2 Å². The molecule has 2 saturated heterocycles. The third kappa shape index (κ3) is 6.25. The van der Waals surface area contributed by atoms with E-state index in [1.54, 1.807) is 0 Å². The van der Waals surface area contributed by atoms with Crippen LogP contribution in [0.4, 0.5) is 0 Å². The molecule has 9 nitrogen and oxygen atoms in total. The van der Waals surface area contributed by atoms with E-state index in [0.29, 0.717) is 12.8 Å². The van der Waals surface area contributed by atoms with Gasteiger partial charge in [0.05, 0.1) is 37.7 Å². The van der Waals surface area contributed by atoms with Crippen molar-refractivity contribution in [2.75, 3.05) is 46.6 Å². The molecule has 0 saturated carbocycles. The Kier molecular flexibility index (Phi) is 7.59. The smallest absolute Gasteiger partial charge is 0.246 e. The molecule has 2 fully saturated rings. The maximum atomic E-state index is 11.5. The van der Waals surface area contributed by atoms with Crippen molar-refractivity contribution in [2.24, 2.45) is 0 Å². The average molecular weight is 383 g/mol. The zero-order valence-electron chi connectivity index (χ0n) is 15.8. The van der Waals surface area contributed by atoms with Gasteiger partial charge in [0.25, 0.3) is 0 Å². The number of nitrogens with zero attached hydrogens (tertiary/aromatic N) is 2. The summed E-state index contributed by atoms with van der Waals surface area (Å²) in [6.07, 6.45) is 0.937. The van der Waals surface area contributed by atoms with Gasteiger partial charge in [-0.25, -0.2) is 0 Å². The molecule has 152 valence electrons. The van der Waals surface area contributed by atoms with E-state index < -0.39 is 12.2 Å². The molecule has 27 heavy (non-hydrogen) atoms. The lowest BCUT2D eigenvalue weighted by Crippen LogP contribution is -2.47. The number of ether oxygens (including phenoxy) is 3. The van der Waals surface area contributed by atoms with E-state index >= 15 is 0 Å². The van der Waals surface area contributed by atoms with Crippen molar-refractivity contribution < 1.29 is 28.6 Å². The Morgan fingerprint density at radius 2 is 2.22 bits per heavy atom. The first-order chi connectivity index (χ1) is 13.1. The number of carbonyl (C=O) groups is 1. The maximum absolute atomic E-state index is 11.5. The standard InChI is InChI=1S/C18H29N3O6/c1-24-12-18(23)19-10-17-16(22)3-2-14(26-17)8-13-9-15(27-20-13)11-21-4-6-25-7-5-21/h9,14,16-17,22H,2-8,10-12H2,1H3,(H,19,23)/t14-,16-,17+/m0/s1. The van der Waals surface area contributed by atoms with Crippen LogP contribution in [0.15, 0.2) is 10.6 Å². The second-order valence-electron chi connectivity index (χ2n) is 7.06. The predicted molar refractivity (Wildman–Crippen MR) is 95.1 cm³/mol. The number of aliphatic hydroxyl groups is 1. The molecule has 3 atom stereocenters. The van der Waals surface area contributed by atoms with Gasteiger partial charge < -0.3 is 29.2 Å². The lowest BCUT2D eigenvalue weighted by atomic mass is 9.98. The fourth-order valence-corrected chi connectivity index (χ4v) is 3.42. The molecule has 2 aliphatic heterocycles. The summed E-state index contributed by atoms with van der Waals surface area (Å²) in [6.45, 7) is 4.29. The van der Waals surface area contributed by atoms with Crippen LogP contribution in [0.2, 0.25) is 0 Å². The molecule has 1 aromatic rings. The Balaban J connectivity index is 1.46. The number of aromatic nitrogens is 1. The topological polar surface area (TPSA) is 106 Å². The minimum Gasteiger partial charge on any atom is -0.390 e. The van der Waals surface area contributed by atoms with Crippen LogP contribution in [0.3, 0.4) is 0 Å². The molecule has 2 N–H and O–H groups in total. The second-order valence-corrected chi connectivity index (χ2v) is 7.06. The summed E-state index contributed by atoms with van der Waals surface area (Å²) >= 11 is 0. The van der Waals surface area contributed by atoms with Crippen LogP contribution in [-0.4, -0.2) is 85.9 Å². The number of hydrogen-bond acceptors (Lipinski definition) is 8. The molecule has 0 aliphatic carbocycles. The van der Waals surface area contributed by atoms with Crippen LogP contribution < -0.4 is 5.32 Å².